The van der Waals surface area contributed by atoms with Gasteiger partial charge in [-0.05, 0) is 52.7 Å². The SMILES string of the molecule is COc1cc(Cl)c(C)cc1NC(=O)c1ccc(Br)c(S(=O)(=O)N(C)C)c1. The number of nitrogens with one attached hydrogen (secondary N) is 1. The average molecular weight is 462 g/mol. The molecule has 26 heavy (non-hydrogen) atoms. The number of benzene rings is 2. The van der Waals surface area contributed by atoms with Crippen LogP contribution >= 0.6 is 27.5 Å². The van der Waals surface area contributed by atoms with E-state index in [1.165, 1.54) is 39.4 Å². The molecule has 0 aromatic heterocycles. The summed E-state index contributed by atoms with van der Waals surface area (Å²) in [6.45, 7) is 1.80. The molecule has 0 spiro atoms. The molecule has 0 unspecified atom stereocenters. The van der Waals surface area contributed by atoms with Crippen molar-refractivity contribution in [3.8, 4) is 5.75 Å². The van der Waals surface area contributed by atoms with E-state index in [9.17, 15) is 13.2 Å². The Balaban J connectivity index is 2.42. The van der Waals surface area contributed by atoms with Gasteiger partial charge in [0, 0.05) is 35.2 Å². The van der Waals surface area contributed by atoms with Crippen molar-refractivity contribution in [2.24, 2.45) is 0 Å². The Kier molecular flexibility index (Phi) is 6.33. The second-order valence-corrected chi connectivity index (χ2v) is 9.07. The summed E-state index contributed by atoms with van der Waals surface area (Å²) in [6.07, 6.45) is 0. The molecule has 1 amide bonds. The standard InChI is InChI=1S/C17H18BrClN2O4S/c1-10-7-14(15(25-4)9-13(10)19)20-17(22)11-5-6-12(18)16(8-11)26(23,24)21(2)3/h5-9H,1-4H3,(H,20,22). The van der Waals surface area contributed by atoms with E-state index in [0.717, 1.165) is 9.87 Å². The summed E-state index contributed by atoms with van der Waals surface area (Å²) in [5.74, 6) is -0.0556. The predicted octanol–water partition coefficient (Wildman–Crippen LogP) is 3.92. The van der Waals surface area contributed by atoms with E-state index < -0.39 is 15.9 Å². The van der Waals surface area contributed by atoms with Crippen molar-refractivity contribution in [2.75, 3.05) is 26.5 Å². The van der Waals surface area contributed by atoms with Gasteiger partial charge in [0.2, 0.25) is 10.0 Å². The van der Waals surface area contributed by atoms with Crippen molar-refractivity contribution in [1.29, 1.82) is 0 Å². The van der Waals surface area contributed by atoms with E-state index >= 15 is 0 Å². The molecule has 2 rings (SSSR count). The number of ether oxygens (including phenoxy) is 1. The molecule has 0 atom stereocenters. The Bertz CT molecular complexity index is 961. The number of anilines is 1. The van der Waals surface area contributed by atoms with Gasteiger partial charge in [0.25, 0.3) is 5.91 Å². The zero-order valence-electron chi connectivity index (χ0n) is 14.6. The molecule has 2 aromatic carbocycles. The van der Waals surface area contributed by atoms with E-state index in [4.69, 9.17) is 16.3 Å². The van der Waals surface area contributed by atoms with Crippen LogP contribution in [-0.4, -0.2) is 39.8 Å². The molecular weight excluding hydrogens is 444 g/mol. The minimum Gasteiger partial charge on any atom is -0.495 e. The summed E-state index contributed by atoms with van der Waals surface area (Å²) in [6, 6.07) is 7.68. The minimum atomic E-state index is -3.70. The highest BCUT2D eigenvalue weighted by molar-refractivity contribution is 9.10. The number of carbonyl (C=O) groups excluding carboxylic acids is 1. The molecule has 1 N–H and O–H groups in total. The fourth-order valence-electron chi connectivity index (χ4n) is 2.16. The van der Waals surface area contributed by atoms with Crippen LogP contribution < -0.4 is 10.1 Å². The summed E-state index contributed by atoms with van der Waals surface area (Å²) in [5.41, 5.74) is 1.41. The predicted molar refractivity (Wildman–Crippen MR) is 106 cm³/mol. The highest BCUT2D eigenvalue weighted by Gasteiger charge is 2.22. The van der Waals surface area contributed by atoms with E-state index in [0.29, 0.717) is 20.9 Å². The molecule has 0 fully saturated rings. The van der Waals surface area contributed by atoms with Gasteiger partial charge < -0.3 is 10.1 Å². The van der Waals surface area contributed by atoms with Crippen LogP contribution in [0.1, 0.15) is 15.9 Å². The van der Waals surface area contributed by atoms with Gasteiger partial charge >= 0.3 is 0 Å². The first kappa shape index (κ1) is 20.7. The maximum atomic E-state index is 12.6. The van der Waals surface area contributed by atoms with Gasteiger partial charge in [-0.1, -0.05) is 11.6 Å². The molecule has 0 saturated carbocycles. The van der Waals surface area contributed by atoms with Crippen LogP contribution in [0.5, 0.6) is 5.75 Å². The van der Waals surface area contributed by atoms with Gasteiger partial charge in [0.05, 0.1) is 17.7 Å². The summed E-state index contributed by atoms with van der Waals surface area (Å²) in [7, 11) is 0.626. The molecule has 6 nitrogen and oxygen atoms in total. The third-order valence-corrected chi connectivity index (χ3v) is 6.90. The third-order valence-electron chi connectivity index (χ3n) is 3.68. The molecule has 0 heterocycles. The summed E-state index contributed by atoms with van der Waals surface area (Å²) in [4.78, 5) is 12.6. The van der Waals surface area contributed by atoms with E-state index in [2.05, 4.69) is 21.2 Å². The highest BCUT2D eigenvalue weighted by Crippen LogP contribution is 2.32. The minimum absolute atomic E-state index is 0.00871. The van der Waals surface area contributed by atoms with Gasteiger partial charge in [-0.3, -0.25) is 4.79 Å². The van der Waals surface area contributed by atoms with Crippen molar-refractivity contribution in [3.63, 3.8) is 0 Å². The first-order valence-corrected chi connectivity index (χ1v) is 10.1. The van der Waals surface area contributed by atoms with Crippen LogP contribution in [0, 0.1) is 6.92 Å². The smallest absolute Gasteiger partial charge is 0.255 e. The Morgan fingerprint density at radius 1 is 1.23 bits per heavy atom. The summed E-state index contributed by atoms with van der Waals surface area (Å²) in [5, 5.41) is 3.24. The number of aryl methyl sites for hydroxylation is 1. The van der Waals surface area contributed by atoms with Crippen LogP contribution in [0.3, 0.4) is 0 Å². The van der Waals surface area contributed by atoms with Crippen LogP contribution in [0.2, 0.25) is 5.02 Å². The first-order valence-electron chi connectivity index (χ1n) is 7.45. The molecule has 0 aliphatic heterocycles. The maximum Gasteiger partial charge on any atom is 0.255 e. The number of rotatable bonds is 5. The van der Waals surface area contributed by atoms with Crippen molar-refractivity contribution in [1.82, 2.24) is 4.31 Å². The zero-order valence-corrected chi connectivity index (χ0v) is 17.8. The number of methoxy groups -OCH3 is 1. The summed E-state index contributed by atoms with van der Waals surface area (Å²) >= 11 is 9.29. The fourth-order valence-corrected chi connectivity index (χ4v) is 4.16. The Morgan fingerprint density at radius 2 is 1.88 bits per heavy atom. The van der Waals surface area contributed by atoms with Crippen molar-refractivity contribution >= 4 is 49.1 Å². The van der Waals surface area contributed by atoms with E-state index in [1.807, 2.05) is 0 Å². The highest BCUT2D eigenvalue weighted by atomic mass is 79.9. The van der Waals surface area contributed by atoms with E-state index in [1.54, 1.807) is 19.1 Å². The molecule has 0 saturated heterocycles. The maximum absolute atomic E-state index is 12.6. The van der Waals surface area contributed by atoms with Crippen molar-refractivity contribution < 1.29 is 17.9 Å². The van der Waals surface area contributed by atoms with Crippen LogP contribution in [0.15, 0.2) is 39.7 Å². The lowest BCUT2D eigenvalue weighted by Crippen LogP contribution is -2.23. The van der Waals surface area contributed by atoms with Gasteiger partial charge in [-0.2, -0.15) is 0 Å². The molecule has 2 aromatic rings. The largest absolute Gasteiger partial charge is 0.495 e. The Hall–Kier alpha value is -1.61. The van der Waals surface area contributed by atoms with Crippen molar-refractivity contribution in [2.45, 2.75) is 11.8 Å². The lowest BCUT2D eigenvalue weighted by atomic mass is 10.1. The van der Waals surface area contributed by atoms with E-state index in [-0.39, 0.29) is 10.5 Å². The third kappa shape index (κ3) is 4.20. The average Bonchev–Trinajstić information content (AvgIpc) is 2.57. The second kappa shape index (κ2) is 7.96. The summed E-state index contributed by atoms with van der Waals surface area (Å²) < 4.78 is 31.5. The number of halogens is 2. The molecule has 9 heteroatoms. The van der Waals surface area contributed by atoms with Crippen LogP contribution in [0.25, 0.3) is 0 Å². The Labute approximate surface area is 166 Å². The molecule has 140 valence electrons. The first-order chi connectivity index (χ1) is 12.1. The Morgan fingerprint density at radius 3 is 2.46 bits per heavy atom. The fraction of sp³-hybridized carbons (Fsp3) is 0.235. The molecule has 0 bridgehead atoms. The molecule has 0 aliphatic carbocycles. The quantitative estimate of drug-likeness (QED) is 0.732. The number of amides is 1. The zero-order chi connectivity index (χ0) is 19.6. The number of carbonyl (C=O) groups is 1. The lowest BCUT2D eigenvalue weighted by Gasteiger charge is -2.15. The second-order valence-electron chi connectivity index (χ2n) is 5.69. The van der Waals surface area contributed by atoms with Crippen LogP contribution in [-0.2, 0) is 10.0 Å². The lowest BCUT2D eigenvalue weighted by molar-refractivity contribution is 0.102. The topological polar surface area (TPSA) is 75.7 Å². The molecular formula is C17H18BrClN2O4S. The monoisotopic (exact) mass is 460 g/mol. The van der Waals surface area contributed by atoms with Crippen LogP contribution in [0.4, 0.5) is 5.69 Å². The molecule has 0 aliphatic rings. The number of sulfonamides is 1. The molecule has 0 radical (unpaired) electrons. The van der Waals surface area contributed by atoms with Gasteiger partial charge in [-0.25, -0.2) is 12.7 Å². The number of hydrogen-bond donors (Lipinski definition) is 1. The number of hydrogen-bond acceptors (Lipinski definition) is 4. The normalized spacial score (nSPS) is 11.5. The van der Waals surface area contributed by atoms with Gasteiger partial charge in [0.1, 0.15) is 5.75 Å². The van der Waals surface area contributed by atoms with Gasteiger partial charge in [0.15, 0.2) is 0 Å². The van der Waals surface area contributed by atoms with Crippen molar-refractivity contribution in [3.05, 3.63) is 51.0 Å². The van der Waals surface area contributed by atoms with Gasteiger partial charge in [-0.15, -0.1) is 0 Å². The number of nitrogens with zero attached hydrogens (tertiary/aromatic N) is 1.